The number of phosphoric acid groups is 1. The van der Waals surface area contributed by atoms with Crippen LogP contribution in [0.15, 0.2) is 12.7 Å². The van der Waals surface area contributed by atoms with E-state index in [2.05, 4.69) is 19.5 Å². The van der Waals surface area contributed by atoms with Gasteiger partial charge in [0.2, 0.25) is 0 Å². The van der Waals surface area contributed by atoms with Crippen LogP contribution < -0.4 is 5.73 Å². The Bertz CT molecular complexity index is 716. The maximum atomic E-state index is 10.8. The summed E-state index contributed by atoms with van der Waals surface area (Å²) in [4.78, 5) is 29.4. The summed E-state index contributed by atoms with van der Waals surface area (Å²) in [6, 6.07) is 0. The Labute approximate surface area is 117 Å². The molecule has 114 valence electrons. The number of rotatable bonds is 3. The SMILES string of the molecule is Nc1ncnc2c1ncn2C1CC(O)C(OP(=O)(O)O)O1. The summed E-state index contributed by atoms with van der Waals surface area (Å²) in [6.45, 7) is 0. The molecular weight excluding hydrogens is 305 g/mol. The molecule has 0 radical (unpaired) electrons. The van der Waals surface area contributed by atoms with Crippen molar-refractivity contribution in [2.24, 2.45) is 0 Å². The molecule has 0 aromatic carbocycles. The van der Waals surface area contributed by atoms with Gasteiger partial charge in [0.05, 0.1) is 6.33 Å². The van der Waals surface area contributed by atoms with E-state index in [4.69, 9.17) is 20.3 Å². The summed E-state index contributed by atoms with van der Waals surface area (Å²) < 4.78 is 22.0. The summed E-state index contributed by atoms with van der Waals surface area (Å²) in [7, 11) is -4.77. The van der Waals surface area contributed by atoms with Gasteiger partial charge in [-0.05, 0) is 0 Å². The van der Waals surface area contributed by atoms with Gasteiger partial charge in [-0.15, -0.1) is 0 Å². The molecule has 11 nitrogen and oxygen atoms in total. The molecule has 21 heavy (non-hydrogen) atoms. The monoisotopic (exact) mass is 317 g/mol. The summed E-state index contributed by atoms with van der Waals surface area (Å²) in [5.74, 6) is 0.195. The number of ether oxygens (including phenoxy) is 1. The second kappa shape index (κ2) is 4.98. The van der Waals surface area contributed by atoms with Crippen LogP contribution in [-0.2, 0) is 13.8 Å². The molecular formula is C9H12N5O6P. The van der Waals surface area contributed by atoms with Gasteiger partial charge in [-0.1, -0.05) is 0 Å². The van der Waals surface area contributed by atoms with Crippen molar-refractivity contribution in [2.45, 2.75) is 25.0 Å². The van der Waals surface area contributed by atoms with Crippen LogP contribution in [0.1, 0.15) is 12.6 Å². The van der Waals surface area contributed by atoms with E-state index in [1.54, 1.807) is 0 Å². The highest BCUT2D eigenvalue weighted by Gasteiger charge is 2.40. The van der Waals surface area contributed by atoms with Crippen molar-refractivity contribution in [1.29, 1.82) is 0 Å². The molecule has 3 atom stereocenters. The number of aliphatic hydroxyl groups is 1. The number of aliphatic hydroxyl groups excluding tert-OH is 1. The third kappa shape index (κ3) is 2.75. The summed E-state index contributed by atoms with van der Waals surface area (Å²) in [5, 5.41) is 9.76. The smallest absolute Gasteiger partial charge is 0.388 e. The Balaban J connectivity index is 1.88. The van der Waals surface area contributed by atoms with E-state index in [0.29, 0.717) is 11.2 Å². The van der Waals surface area contributed by atoms with Crippen LogP contribution >= 0.6 is 7.82 Å². The molecule has 1 saturated heterocycles. The lowest BCUT2D eigenvalue weighted by Gasteiger charge is -2.16. The first kappa shape index (κ1) is 14.3. The van der Waals surface area contributed by atoms with Gasteiger partial charge in [-0.2, -0.15) is 0 Å². The number of hydrogen-bond acceptors (Lipinski definition) is 8. The minimum absolute atomic E-state index is 0.0556. The second-order valence-corrected chi connectivity index (χ2v) is 5.63. The van der Waals surface area contributed by atoms with Crippen LogP contribution in [0.2, 0.25) is 0 Å². The van der Waals surface area contributed by atoms with E-state index in [1.165, 1.54) is 17.2 Å². The topological polar surface area (TPSA) is 166 Å². The molecule has 0 aliphatic carbocycles. The number of imidazole rings is 1. The zero-order valence-corrected chi connectivity index (χ0v) is 11.4. The van der Waals surface area contributed by atoms with Crippen molar-refractivity contribution < 1.29 is 28.7 Å². The molecule has 0 bridgehead atoms. The fraction of sp³-hybridized carbons (Fsp3) is 0.444. The number of phosphoric ester groups is 1. The molecule has 2 aromatic rings. The third-order valence-electron chi connectivity index (χ3n) is 2.99. The molecule has 2 aromatic heterocycles. The molecule has 1 aliphatic rings. The largest absolute Gasteiger partial charge is 0.472 e. The number of aromatic nitrogens is 4. The number of nitrogens with zero attached hydrogens (tertiary/aromatic N) is 4. The van der Waals surface area contributed by atoms with Crippen molar-refractivity contribution >= 4 is 24.8 Å². The Hall–Kier alpha value is -1.62. The van der Waals surface area contributed by atoms with Crippen LogP contribution in [-0.4, -0.2) is 46.8 Å². The van der Waals surface area contributed by atoms with E-state index in [0.717, 1.165) is 0 Å². The van der Waals surface area contributed by atoms with Crippen molar-refractivity contribution in [3.8, 4) is 0 Å². The highest BCUT2D eigenvalue weighted by Crippen LogP contribution is 2.43. The maximum Gasteiger partial charge on any atom is 0.472 e. The lowest BCUT2D eigenvalue weighted by Crippen LogP contribution is -2.22. The Morgan fingerprint density at radius 2 is 2.19 bits per heavy atom. The van der Waals surface area contributed by atoms with Gasteiger partial charge >= 0.3 is 7.82 Å². The fourth-order valence-corrected chi connectivity index (χ4v) is 2.57. The minimum Gasteiger partial charge on any atom is -0.388 e. The summed E-state index contributed by atoms with van der Waals surface area (Å²) in [5.41, 5.74) is 6.42. The fourth-order valence-electron chi connectivity index (χ4n) is 2.11. The highest BCUT2D eigenvalue weighted by molar-refractivity contribution is 7.46. The molecule has 1 aliphatic heterocycles. The Morgan fingerprint density at radius 1 is 1.43 bits per heavy atom. The molecule has 3 heterocycles. The Morgan fingerprint density at radius 3 is 2.90 bits per heavy atom. The first-order valence-corrected chi connectivity index (χ1v) is 7.38. The van der Waals surface area contributed by atoms with Crippen molar-refractivity contribution in [1.82, 2.24) is 19.5 Å². The van der Waals surface area contributed by atoms with Crippen molar-refractivity contribution in [3.05, 3.63) is 12.7 Å². The first-order chi connectivity index (χ1) is 9.85. The summed E-state index contributed by atoms with van der Waals surface area (Å²) >= 11 is 0. The van der Waals surface area contributed by atoms with E-state index < -0.39 is 26.4 Å². The van der Waals surface area contributed by atoms with Gasteiger partial charge in [-0.3, -0.25) is 9.09 Å². The van der Waals surface area contributed by atoms with E-state index >= 15 is 0 Å². The average molecular weight is 317 g/mol. The molecule has 0 saturated carbocycles. The lowest BCUT2D eigenvalue weighted by molar-refractivity contribution is -0.133. The number of nitrogen functional groups attached to an aromatic ring is 1. The molecule has 12 heteroatoms. The second-order valence-electron chi connectivity index (χ2n) is 4.44. The van der Waals surface area contributed by atoms with Crippen LogP contribution in [0.3, 0.4) is 0 Å². The van der Waals surface area contributed by atoms with E-state index in [-0.39, 0.29) is 12.2 Å². The zero-order valence-electron chi connectivity index (χ0n) is 10.5. The number of anilines is 1. The van der Waals surface area contributed by atoms with Gasteiger partial charge in [0.25, 0.3) is 0 Å². The molecule has 3 unspecified atom stereocenters. The van der Waals surface area contributed by atoms with Crippen molar-refractivity contribution in [2.75, 3.05) is 5.73 Å². The molecule has 1 fully saturated rings. The third-order valence-corrected chi connectivity index (χ3v) is 3.47. The molecule has 0 spiro atoms. The van der Waals surface area contributed by atoms with Gasteiger partial charge in [0, 0.05) is 6.42 Å². The predicted molar refractivity (Wildman–Crippen MR) is 67.4 cm³/mol. The lowest BCUT2D eigenvalue weighted by atomic mass is 10.2. The first-order valence-electron chi connectivity index (χ1n) is 5.85. The average Bonchev–Trinajstić information content (AvgIpc) is 2.93. The van der Waals surface area contributed by atoms with Crippen molar-refractivity contribution in [3.63, 3.8) is 0 Å². The minimum atomic E-state index is -4.77. The zero-order chi connectivity index (χ0) is 15.2. The van der Waals surface area contributed by atoms with Crippen LogP contribution in [0, 0.1) is 0 Å². The predicted octanol–water partition coefficient (Wildman–Crippen LogP) is -0.876. The Kier molecular flexibility index (Phi) is 3.40. The van der Waals surface area contributed by atoms with Crippen LogP contribution in [0.25, 0.3) is 11.2 Å². The standard InChI is InChI=1S/C9H12N5O6P/c10-7-6-8(12-2-11-7)14(3-13-6)5-1-4(15)9(19-5)20-21(16,17)18/h2-5,9,15H,1H2,(H2,10,11,12)(H2,16,17,18). The van der Waals surface area contributed by atoms with Gasteiger partial charge < -0.3 is 25.4 Å². The van der Waals surface area contributed by atoms with Crippen LogP contribution in [0.4, 0.5) is 5.82 Å². The quantitative estimate of drug-likeness (QED) is 0.522. The number of hydrogen-bond donors (Lipinski definition) is 4. The van der Waals surface area contributed by atoms with Crippen LogP contribution in [0.5, 0.6) is 0 Å². The number of nitrogens with two attached hydrogens (primary N) is 1. The highest BCUT2D eigenvalue weighted by atomic mass is 31.2. The summed E-state index contributed by atoms with van der Waals surface area (Å²) in [6.07, 6.45) is -0.666. The van der Waals surface area contributed by atoms with Gasteiger partial charge in [-0.25, -0.2) is 19.5 Å². The molecule has 5 N–H and O–H groups in total. The van der Waals surface area contributed by atoms with E-state index in [9.17, 15) is 9.67 Å². The molecule has 3 rings (SSSR count). The molecule has 0 amide bonds. The number of fused-ring (bicyclic) bond motifs is 1. The van der Waals surface area contributed by atoms with Gasteiger partial charge in [0.15, 0.2) is 17.8 Å². The maximum absolute atomic E-state index is 10.8. The van der Waals surface area contributed by atoms with Gasteiger partial charge in [0.1, 0.15) is 24.2 Å². The van der Waals surface area contributed by atoms with E-state index in [1.807, 2.05) is 0 Å². The normalized spacial score (nSPS) is 26.5.